The van der Waals surface area contributed by atoms with Gasteiger partial charge in [-0.25, -0.2) is 0 Å². The Hall–Kier alpha value is -0.900. The number of halogens is 3. The molecule has 0 aliphatic carbocycles. The summed E-state index contributed by atoms with van der Waals surface area (Å²) in [5.74, 6) is 0.908. The number of benzene rings is 2. The van der Waals surface area contributed by atoms with Crippen LogP contribution >= 0.6 is 39.1 Å². The fraction of sp³-hybridized carbons (Fsp3) is 0.143. The molecule has 19 heavy (non-hydrogen) atoms. The van der Waals surface area contributed by atoms with Crippen LogP contribution < -0.4 is 10.1 Å². The summed E-state index contributed by atoms with van der Waals surface area (Å²) in [5.41, 5.74) is 1.98. The molecule has 1 unspecified atom stereocenters. The Kier molecular flexibility index (Phi) is 3.61. The van der Waals surface area contributed by atoms with Crippen LogP contribution in [0.25, 0.3) is 0 Å². The second-order valence-corrected chi connectivity index (χ2v) is 6.07. The van der Waals surface area contributed by atoms with Gasteiger partial charge in [-0.3, -0.25) is 0 Å². The van der Waals surface area contributed by atoms with E-state index in [9.17, 15) is 0 Å². The Labute approximate surface area is 129 Å². The van der Waals surface area contributed by atoms with Crippen LogP contribution in [0.2, 0.25) is 10.0 Å². The van der Waals surface area contributed by atoms with Crippen LogP contribution in [-0.4, -0.2) is 6.61 Å². The molecular weight excluding hydrogens is 349 g/mol. The molecule has 0 amide bonds. The summed E-state index contributed by atoms with van der Waals surface area (Å²) >= 11 is 15.5. The van der Waals surface area contributed by atoms with Gasteiger partial charge in [0.05, 0.1) is 16.8 Å². The Morgan fingerprint density at radius 2 is 2.00 bits per heavy atom. The molecule has 1 aliphatic rings. The molecular formula is C14H10BrCl2NO. The van der Waals surface area contributed by atoms with E-state index >= 15 is 0 Å². The number of hydrogen-bond acceptors (Lipinski definition) is 2. The zero-order valence-electron chi connectivity index (χ0n) is 9.79. The number of rotatable bonds is 2. The zero-order chi connectivity index (χ0) is 13.4. The average molecular weight is 359 g/mol. The molecule has 2 nitrogen and oxygen atoms in total. The van der Waals surface area contributed by atoms with Gasteiger partial charge in [0.15, 0.2) is 0 Å². The van der Waals surface area contributed by atoms with Gasteiger partial charge in [0.2, 0.25) is 0 Å². The lowest BCUT2D eigenvalue weighted by atomic mass is 10.1. The van der Waals surface area contributed by atoms with Gasteiger partial charge in [0.1, 0.15) is 12.4 Å². The summed E-state index contributed by atoms with van der Waals surface area (Å²) < 4.78 is 6.68. The molecule has 5 heteroatoms. The predicted octanol–water partition coefficient (Wildman–Crippen LogP) is 5.30. The standard InChI is InChI=1S/C14H10BrCl2NO/c15-8-1-4-14-10(5-8)13(7-19-14)18-12-3-2-9(16)6-11(12)17/h1-6,13,18H,7H2. The lowest BCUT2D eigenvalue weighted by molar-refractivity contribution is 0.340. The molecule has 2 aromatic rings. The van der Waals surface area contributed by atoms with E-state index in [1.54, 1.807) is 6.07 Å². The van der Waals surface area contributed by atoms with E-state index in [-0.39, 0.29) is 6.04 Å². The number of fused-ring (bicyclic) bond motifs is 1. The van der Waals surface area contributed by atoms with Crippen LogP contribution in [0.1, 0.15) is 11.6 Å². The molecule has 0 saturated heterocycles. The largest absolute Gasteiger partial charge is 0.491 e. The highest BCUT2D eigenvalue weighted by Crippen LogP contribution is 2.37. The number of nitrogens with one attached hydrogen (secondary N) is 1. The van der Waals surface area contributed by atoms with Crippen LogP contribution in [0.3, 0.4) is 0 Å². The number of hydrogen-bond donors (Lipinski definition) is 1. The first-order chi connectivity index (χ1) is 9.13. The molecule has 1 aliphatic heterocycles. The SMILES string of the molecule is Clc1ccc(NC2COc3ccc(Br)cc32)c(Cl)c1. The molecule has 0 saturated carbocycles. The van der Waals surface area contributed by atoms with Gasteiger partial charge in [0.25, 0.3) is 0 Å². The molecule has 2 aromatic carbocycles. The highest BCUT2D eigenvalue weighted by molar-refractivity contribution is 9.10. The van der Waals surface area contributed by atoms with Crippen LogP contribution in [0.4, 0.5) is 5.69 Å². The smallest absolute Gasteiger partial charge is 0.124 e. The van der Waals surface area contributed by atoms with Crippen molar-refractivity contribution < 1.29 is 4.74 Å². The van der Waals surface area contributed by atoms with Crippen molar-refractivity contribution in [3.05, 3.63) is 56.5 Å². The topological polar surface area (TPSA) is 21.3 Å². The Balaban J connectivity index is 1.88. The Morgan fingerprint density at radius 1 is 1.16 bits per heavy atom. The summed E-state index contributed by atoms with van der Waals surface area (Å²) in [7, 11) is 0. The van der Waals surface area contributed by atoms with Crippen molar-refractivity contribution in [2.75, 3.05) is 11.9 Å². The van der Waals surface area contributed by atoms with Crippen molar-refractivity contribution >= 4 is 44.8 Å². The molecule has 0 fully saturated rings. The quantitative estimate of drug-likeness (QED) is 0.786. The van der Waals surface area contributed by atoms with E-state index in [0.717, 1.165) is 21.5 Å². The number of ether oxygens (including phenoxy) is 1. The summed E-state index contributed by atoms with van der Waals surface area (Å²) in [5, 5.41) is 4.62. The summed E-state index contributed by atoms with van der Waals surface area (Å²) in [6.07, 6.45) is 0. The third kappa shape index (κ3) is 2.69. The summed E-state index contributed by atoms with van der Waals surface area (Å²) in [4.78, 5) is 0. The first-order valence-electron chi connectivity index (χ1n) is 5.77. The molecule has 0 bridgehead atoms. The third-order valence-electron chi connectivity index (χ3n) is 3.01. The molecule has 3 rings (SSSR count). The molecule has 98 valence electrons. The van der Waals surface area contributed by atoms with Crippen molar-refractivity contribution in [2.24, 2.45) is 0 Å². The first kappa shape index (κ1) is 13.1. The molecule has 0 spiro atoms. The van der Waals surface area contributed by atoms with Crippen molar-refractivity contribution in [2.45, 2.75) is 6.04 Å². The zero-order valence-corrected chi connectivity index (χ0v) is 12.9. The van der Waals surface area contributed by atoms with Gasteiger partial charge in [0, 0.05) is 15.1 Å². The molecule has 0 radical (unpaired) electrons. The maximum atomic E-state index is 6.17. The highest BCUT2D eigenvalue weighted by atomic mass is 79.9. The average Bonchev–Trinajstić information content (AvgIpc) is 2.75. The fourth-order valence-electron chi connectivity index (χ4n) is 2.10. The number of anilines is 1. The maximum absolute atomic E-state index is 6.17. The minimum atomic E-state index is 0.0891. The van der Waals surface area contributed by atoms with Gasteiger partial charge in [-0.15, -0.1) is 0 Å². The first-order valence-corrected chi connectivity index (χ1v) is 7.32. The van der Waals surface area contributed by atoms with Crippen molar-refractivity contribution in [1.82, 2.24) is 0 Å². The molecule has 1 N–H and O–H groups in total. The van der Waals surface area contributed by atoms with Gasteiger partial charge in [-0.05, 0) is 36.4 Å². The normalized spacial score (nSPS) is 16.9. The third-order valence-corrected chi connectivity index (χ3v) is 4.05. The van der Waals surface area contributed by atoms with Gasteiger partial charge in [-0.2, -0.15) is 0 Å². The molecule has 0 aromatic heterocycles. The summed E-state index contributed by atoms with van der Waals surface area (Å²) in [6.45, 7) is 0.588. The Bertz CT molecular complexity index is 633. The van der Waals surface area contributed by atoms with E-state index in [4.69, 9.17) is 27.9 Å². The lowest BCUT2D eigenvalue weighted by Gasteiger charge is -2.14. The van der Waals surface area contributed by atoms with Crippen molar-refractivity contribution in [3.8, 4) is 5.75 Å². The van der Waals surface area contributed by atoms with Gasteiger partial charge < -0.3 is 10.1 Å². The monoisotopic (exact) mass is 357 g/mol. The van der Waals surface area contributed by atoms with Crippen LogP contribution in [0, 0.1) is 0 Å². The lowest BCUT2D eigenvalue weighted by Crippen LogP contribution is -2.12. The Morgan fingerprint density at radius 3 is 2.79 bits per heavy atom. The van der Waals surface area contributed by atoms with Crippen LogP contribution in [0.15, 0.2) is 40.9 Å². The maximum Gasteiger partial charge on any atom is 0.124 e. The minimum Gasteiger partial charge on any atom is -0.491 e. The predicted molar refractivity (Wildman–Crippen MR) is 82.5 cm³/mol. The minimum absolute atomic E-state index is 0.0891. The highest BCUT2D eigenvalue weighted by Gasteiger charge is 2.24. The van der Waals surface area contributed by atoms with E-state index in [2.05, 4.69) is 27.3 Å². The second-order valence-electron chi connectivity index (χ2n) is 4.31. The van der Waals surface area contributed by atoms with Crippen molar-refractivity contribution in [3.63, 3.8) is 0 Å². The van der Waals surface area contributed by atoms with Crippen LogP contribution in [0.5, 0.6) is 5.75 Å². The summed E-state index contributed by atoms with van der Waals surface area (Å²) in [6, 6.07) is 11.5. The second kappa shape index (κ2) is 5.23. The van der Waals surface area contributed by atoms with E-state index in [1.165, 1.54) is 0 Å². The van der Waals surface area contributed by atoms with E-state index < -0.39 is 0 Å². The van der Waals surface area contributed by atoms with Gasteiger partial charge >= 0.3 is 0 Å². The van der Waals surface area contributed by atoms with Gasteiger partial charge in [-0.1, -0.05) is 39.1 Å². The molecule has 1 heterocycles. The molecule has 1 atom stereocenters. The van der Waals surface area contributed by atoms with Crippen LogP contribution in [-0.2, 0) is 0 Å². The fourth-order valence-corrected chi connectivity index (χ4v) is 2.94. The van der Waals surface area contributed by atoms with E-state index in [0.29, 0.717) is 16.7 Å². The van der Waals surface area contributed by atoms with Crippen molar-refractivity contribution in [1.29, 1.82) is 0 Å². The van der Waals surface area contributed by atoms with E-state index in [1.807, 2.05) is 24.3 Å².